The van der Waals surface area contributed by atoms with Gasteiger partial charge in [0.2, 0.25) is 0 Å². The van der Waals surface area contributed by atoms with Gasteiger partial charge in [0.05, 0.1) is 6.54 Å². The molecule has 0 saturated heterocycles. The molecule has 0 atom stereocenters. The summed E-state index contributed by atoms with van der Waals surface area (Å²) in [6.45, 7) is 2.25. The van der Waals surface area contributed by atoms with E-state index in [2.05, 4.69) is 53.8 Å². The van der Waals surface area contributed by atoms with Gasteiger partial charge in [-0.1, -0.05) is 54.6 Å². The van der Waals surface area contributed by atoms with Crippen molar-refractivity contribution in [2.75, 3.05) is 13.2 Å². The second kappa shape index (κ2) is 6.94. The molecular formula is C16H20NO+. The number of hydrogen-bond acceptors (Lipinski definition) is 1. The third-order valence-electron chi connectivity index (χ3n) is 3.01. The summed E-state index contributed by atoms with van der Waals surface area (Å²) >= 11 is 0. The fraction of sp³-hybridized carbons (Fsp3) is 0.250. The molecule has 3 N–H and O–H groups in total. The van der Waals surface area contributed by atoms with Gasteiger partial charge in [-0.25, -0.2) is 0 Å². The van der Waals surface area contributed by atoms with E-state index >= 15 is 0 Å². The molecular weight excluding hydrogens is 222 g/mol. The van der Waals surface area contributed by atoms with Gasteiger partial charge >= 0.3 is 0 Å². The number of aliphatic hydroxyl groups is 1. The Morgan fingerprint density at radius 3 is 2.17 bits per heavy atom. The lowest BCUT2D eigenvalue weighted by molar-refractivity contribution is -0.671. The van der Waals surface area contributed by atoms with Crippen LogP contribution in [0.1, 0.15) is 12.0 Å². The van der Waals surface area contributed by atoms with Gasteiger partial charge in [0, 0.05) is 18.6 Å². The molecule has 0 aromatic heterocycles. The second-order valence-corrected chi connectivity index (χ2v) is 4.42. The first-order chi connectivity index (χ1) is 8.90. The summed E-state index contributed by atoms with van der Waals surface area (Å²) in [5, 5.41) is 10.9. The first kappa shape index (κ1) is 12.8. The Morgan fingerprint density at radius 1 is 0.833 bits per heavy atom. The van der Waals surface area contributed by atoms with Gasteiger partial charge in [0.25, 0.3) is 0 Å². The molecule has 2 heteroatoms. The zero-order chi connectivity index (χ0) is 12.6. The molecule has 94 valence electrons. The highest BCUT2D eigenvalue weighted by molar-refractivity contribution is 5.63. The fourth-order valence-corrected chi connectivity index (χ4v) is 1.97. The molecule has 0 aliphatic heterocycles. The number of benzene rings is 2. The molecule has 0 spiro atoms. The summed E-state index contributed by atoms with van der Waals surface area (Å²) in [6, 6.07) is 19.1. The van der Waals surface area contributed by atoms with E-state index < -0.39 is 0 Å². The van der Waals surface area contributed by atoms with Crippen LogP contribution in [0, 0.1) is 0 Å². The third-order valence-corrected chi connectivity index (χ3v) is 3.01. The Kier molecular flexibility index (Phi) is 4.94. The van der Waals surface area contributed by atoms with Crippen LogP contribution in [-0.4, -0.2) is 18.3 Å². The molecule has 0 amide bonds. The molecule has 2 rings (SSSR count). The Bertz CT molecular complexity index is 450. The number of hydrogen-bond donors (Lipinski definition) is 2. The van der Waals surface area contributed by atoms with Gasteiger partial charge in [0.1, 0.15) is 6.54 Å². The summed E-state index contributed by atoms with van der Waals surface area (Å²) in [4.78, 5) is 0. The van der Waals surface area contributed by atoms with Crippen LogP contribution in [0.5, 0.6) is 0 Å². The van der Waals surface area contributed by atoms with Gasteiger partial charge in [-0.05, 0) is 11.1 Å². The van der Waals surface area contributed by atoms with E-state index in [1.165, 1.54) is 16.7 Å². The Balaban J connectivity index is 1.94. The zero-order valence-corrected chi connectivity index (χ0v) is 10.5. The SMILES string of the molecule is OCCC[NH2+]Cc1ccc(-c2ccccc2)cc1. The monoisotopic (exact) mass is 242 g/mol. The Hall–Kier alpha value is -1.64. The molecule has 2 nitrogen and oxygen atoms in total. The maximum Gasteiger partial charge on any atom is 0.101 e. The van der Waals surface area contributed by atoms with Crippen LogP contribution in [0.25, 0.3) is 11.1 Å². The number of aliphatic hydroxyl groups excluding tert-OH is 1. The third kappa shape index (κ3) is 3.69. The summed E-state index contributed by atoms with van der Waals surface area (Å²) < 4.78 is 0. The van der Waals surface area contributed by atoms with E-state index in [0.717, 1.165) is 19.5 Å². The van der Waals surface area contributed by atoms with Crippen LogP contribution in [-0.2, 0) is 6.54 Å². The van der Waals surface area contributed by atoms with Crippen LogP contribution < -0.4 is 5.32 Å². The first-order valence-electron chi connectivity index (χ1n) is 6.47. The van der Waals surface area contributed by atoms with Crippen molar-refractivity contribution in [3.05, 3.63) is 60.2 Å². The van der Waals surface area contributed by atoms with Crippen LogP contribution in [0.3, 0.4) is 0 Å². The lowest BCUT2D eigenvalue weighted by atomic mass is 10.0. The largest absolute Gasteiger partial charge is 0.396 e. The van der Waals surface area contributed by atoms with E-state index in [1.54, 1.807) is 0 Å². The predicted molar refractivity (Wildman–Crippen MR) is 74.1 cm³/mol. The number of nitrogens with two attached hydrogens (primary N) is 1. The molecule has 0 saturated carbocycles. The highest BCUT2D eigenvalue weighted by Gasteiger charge is 1.98. The van der Waals surface area contributed by atoms with Crippen molar-refractivity contribution >= 4 is 0 Å². The molecule has 2 aromatic rings. The molecule has 0 aliphatic carbocycles. The summed E-state index contributed by atoms with van der Waals surface area (Å²) in [6.07, 6.45) is 0.863. The van der Waals surface area contributed by atoms with Crippen molar-refractivity contribution in [3.63, 3.8) is 0 Å². The smallest absolute Gasteiger partial charge is 0.101 e. The van der Waals surface area contributed by atoms with Gasteiger partial charge in [-0.15, -0.1) is 0 Å². The highest BCUT2D eigenvalue weighted by atomic mass is 16.3. The predicted octanol–water partition coefficient (Wildman–Crippen LogP) is 1.80. The topological polar surface area (TPSA) is 36.8 Å². The van der Waals surface area contributed by atoms with Crippen LogP contribution in [0.4, 0.5) is 0 Å². The van der Waals surface area contributed by atoms with Crippen molar-refractivity contribution in [1.29, 1.82) is 0 Å². The molecule has 0 heterocycles. The van der Waals surface area contributed by atoms with Gasteiger partial charge in [-0.3, -0.25) is 0 Å². The van der Waals surface area contributed by atoms with Crippen molar-refractivity contribution in [2.24, 2.45) is 0 Å². The first-order valence-corrected chi connectivity index (χ1v) is 6.47. The van der Waals surface area contributed by atoms with Gasteiger partial charge in [-0.2, -0.15) is 0 Å². The standard InChI is InChI=1S/C16H19NO/c18-12-4-11-17-13-14-7-9-16(10-8-14)15-5-2-1-3-6-15/h1-3,5-10,17-18H,4,11-13H2/p+1. The van der Waals surface area contributed by atoms with Crippen molar-refractivity contribution in [2.45, 2.75) is 13.0 Å². The molecule has 18 heavy (non-hydrogen) atoms. The van der Waals surface area contributed by atoms with Crippen molar-refractivity contribution in [3.8, 4) is 11.1 Å². The maximum absolute atomic E-state index is 8.71. The van der Waals surface area contributed by atoms with Crippen LogP contribution in [0.2, 0.25) is 0 Å². The Morgan fingerprint density at radius 2 is 1.50 bits per heavy atom. The quantitative estimate of drug-likeness (QED) is 0.745. The van der Waals surface area contributed by atoms with Crippen LogP contribution >= 0.6 is 0 Å². The van der Waals surface area contributed by atoms with Crippen molar-refractivity contribution in [1.82, 2.24) is 0 Å². The molecule has 0 bridgehead atoms. The van der Waals surface area contributed by atoms with E-state index in [4.69, 9.17) is 5.11 Å². The zero-order valence-electron chi connectivity index (χ0n) is 10.5. The molecule has 0 unspecified atom stereocenters. The molecule has 0 aliphatic rings. The van der Waals surface area contributed by atoms with E-state index in [-0.39, 0.29) is 6.61 Å². The maximum atomic E-state index is 8.71. The lowest BCUT2D eigenvalue weighted by Crippen LogP contribution is -2.82. The molecule has 0 radical (unpaired) electrons. The number of rotatable bonds is 6. The van der Waals surface area contributed by atoms with Gasteiger partial charge < -0.3 is 10.4 Å². The lowest BCUT2D eigenvalue weighted by Gasteiger charge is -2.04. The highest BCUT2D eigenvalue weighted by Crippen LogP contribution is 2.18. The van der Waals surface area contributed by atoms with E-state index in [9.17, 15) is 0 Å². The average Bonchev–Trinajstić information content (AvgIpc) is 2.45. The Labute approximate surface area is 108 Å². The second-order valence-electron chi connectivity index (χ2n) is 4.42. The average molecular weight is 242 g/mol. The number of quaternary nitrogens is 1. The normalized spacial score (nSPS) is 10.5. The minimum Gasteiger partial charge on any atom is -0.396 e. The molecule has 2 aromatic carbocycles. The van der Waals surface area contributed by atoms with E-state index in [0.29, 0.717) is 0 Å². The molecule has 0 fully saturated rings. The van der Waals surface area contributed by atoms with Crippen molar-refractivity contribution < 1.29 is 10.4 Å². The fourth-order valence-electron chi connectivity index (χ4n) is 1.97. The van der Waals surface area contributed by atoms with Gasteiger partial charge in [0.15, 0.2) is 0 Å². The summed E-state index contributed by atoms with van der Waals surface area (Å²) in [5.74, 6) is 0. The van der Waals surface area contributed by atoms with Crippen LogP contribution in [0.15, 0.2) is 54.6 Å². The minimum absolute atomic E-state index is 0.281. The van der Waals surface area contributed by atoms with E-state index in [1.807, 2.05) is 6.07 Å². The minimum atomic E-state index is 0.281. The summed E-state index contributed by atoms with van der Waals surface area (Å²) in [5.41, 5.74) is 3.84. The summed E-state index contributed by atoms with van der Waals surface area (Å²) in [7, 11) is 0.